The summed E-state index contributed by atoms with van der Waals surface area (Å²) in [4.78, 5) is 15.2. The van der Waals surface area contributed by atoms with Crippen LogP contribution in [-0.4, -0.2) is 58.2 Å². The van der Waals surface area contributed by atoms with Gasteiger partial charge in [-0.3, -0.25) is 9.48 Å². The molecule has 9 nitrogen and oxygen atoms in total. The molecular weight excluding hydrogens is 382 g/mol. The first kappa shape index (κ1) is 20.1. The molecule has 9 heteroatoms. The number of hydrogen-bond acceptors (Lipinski definition) is 7. The molecule has 1 saturated heterocycles. The molecule has 2 aromatic heterocycles. The van der Waals surface area contributed by atoms with Crippen LogP contribution in [-0.2, 0) is 7.05 Å². The van der Waals surface area contributed by atoms with E-state index < -0.39 is 0 Å². The van der Waals surface area contributed by atoms with Crippen LogP contribution in [0.2, 0.25) is 0 Å². The standard InChI is InChI=1S/C21H27N7O2/c1-5-30-18-10-17-15(12-27(4)26-17)9-16(18)21(29)23-19-8-13(2)20(25-24-19)28-7-6-22-14(3)11-28/h8-10,12,14,22H,5-7,11H2,1-4H3,(H,23,24,29)/t14-/m0/s1. The molecule has 0 bridgehead atoms. The topological polar surface area (TPSA) is 97.2 Å². The van der Waals surface area contributed by atoms with E-state index in [2.05, 4.69) is 37.8 Å². The van der Waals surface area contributed by atoms with Gasteiger partial charge in [0, 0.05) is 50.4 Å². The zero-order valence-corrected chi connectivity index (χ0v) is 17.8. The lowest BCUT2D eigenvalue weighted by Gasteiger charge is -2.33. The fourth-order valence-electron chi connectivity index (χ4n) is 3.79. The highest BCUT2D eigenvalue weighted by Gasteiger charge is 2.20. The number of carbonyl (C=O) groups is 1. The summed E-state index contributed by atoms with van der Waals surface area (Å²) in [6, 6.07) is 5.84. The Balaban J connectivity index is 1.57. The molecule has 158 valence electrons. The minimum Gasteiger partial charge on any atom is -0.493 e. The highest BCUT2D eigenvalue weighted by molar-refractivity contribution is 6.08. The van der Waals surface area contributed by atoms with Gasteiger partial charge in [-0.2, -0.15) is 5.10 Å². The molecule has 1 aliphatic rings. The summed E-state index contributed by atoms with van der Waals surface area (Å²) < 4.78 is 7.40. The third-order valence-electron chi connectivity index (χ3n) is 5.13. The van der Waals surface area contributed by atoms with E-state index in [9.17, 15) is 4.79 Å². The van der Waals surface area contributed by atoms with Crippen molar-refractivity contribution in [3.63, 3.8) is 0 Å². The third-order valence-corrected chi connectivity index (χ3v) is 5.13. The Morgan fingerprint density at radius 3 is 2.90 bits per heavy atom. The lowest BCUT2D eigenvalue weighted by molar-refractivity contribution is 0.102. The largest absolute Gasteiger partial charge is 0.493 e. The Kier molecular flexibility index (Phi) is 5.54. The van der Waals surface area contributed by atoms with Crippen molar-refractivity contribution in [1.29, 1.82) is 0 Å². The van der Waals surface area contributed by atoms with Crippen LogP contribution in [0.5, 0.6) is 5.75 Å². The van der Waals surface area contributed by atoms with Crippen LogP contribution in [0.1, 0.15) is 29.8 Å². The molecule has 1 atom stereocenters. The molecule has 0 saturated carbocycles. The second-order valence-electron chi connectivity index (χ2n) is 7.63. The van der Waals surface area contributed by atoms with Gasteiger partial charge in [-0.25, -0.2) is 0 Å². The molecule has 0 aliphatic carbocycles. The lowest BCUT2D eigenvalue weighted by atomic mass is 10.1. The van der Waals surface area contributed by atoms with Crippen LogP contribution >= 0.6 is 0 Å². The van der Waals surface area contributed by atoms with Gasteiger partial charge >= 0.3 is 0 Å². The molecule has 0 radical (unpaired) electrons. The summed E-state index contributed by atoms with van der Waals surface area (Å²) in [7, 11) is 1.85. The fourth-order valence-corrected chi connectivity index (χ4v) is 3.79. The van der Waals surface area contributed by atoms with Crippen molar-refractivity contribution in [2.45, 2.75) is 26.8 Å². The van der Waals surface area contributed by atoms with Crippen molar-refractivity contribution in [3.8, 4) is 5.75 Å². The SMILES string of the molecule is CCOc1cc2nn(C)cc2cc1C(=O)Nc1cc(C)c(N2CCN[C@@H](C)C2)nn1. The van der Waals surface area contributed by atoms with Crippen LogP contribution in [0, 0.1) is 6.92 Å². The van der Waals surface area contributed by atoms with Gasteiger partial charge in [0.15, 0.2) is 11.6 Å². The maximum atomic E-state index is 13.0. The maximum Gasteiger partial charge on any atom is 0.260 e. The zero-order chi connectivity index (χ0) is 21.3. The number of hydrogen-bond donors (Lipinski definition) is 2. The molecule has 2 N–H and O–H groups in total. The van der Waals surface area contributed by atoms with E-state index in [1.807, 2.05) is 33.2 Å². The Bertz CT molecular complexity index is 1080. The van der Waals surface area contributed by atoms with E-state index in [0.29, 0.717) is 29.8 Å². The predicted octanol–water partition coefficient (Wildman–Crippen LogP) is 2.12. The van der Waals surface area contributed by atoms with E-state index in [0.717, 1.165) is 41.9 Å². The Hall–Kier alpha value is -3.20. The molecule has 0 spiro atoms. The van der Waals surface area contributed by atoms with Gasteiger partial charge in [0.25, 0.3) is 5.91 Å². The van der Waals surface area contributed by atoms with Crippen molar-refractivity contribution < 1.29 is 9.53 Å². The molecule has 30 heavy (non-hydrogen) atoms. The Morgan fingerprint density at radius 1 is 1.33 bits per heavy atom. The number of anilines is 2. The van der Waals surface area contributed by atoms with Crippen LogP contribution in [0.4, 0.5) is 11.6 Å². The van der Waals surface area contributed by atoms with Gasteiger partial charge in [0.05, 0.1) is 17.7 Å². The summed E-state index contributed by atoms with van der Waals surface area (Å²) in [6.45, 7) is 9.15. The molecule has 3 heterocycles. The average molecular weight is 409 g/mol. The number of benzene rings is 1. The number of aryl methyl sites for hydroxylation is 2. The molecule has 1 aliphatic heterocycles. The van der Waals surface area contributed by atoms with Crippen molar-refractivity contribution >= 4 is 28.4 Å². The minimum atomic E-state index is -0.290. The van der Waals surface area contributed by atoms with E-state index >= 15 is 0 Å². The van der Waals surface area contributed by atoms with Crippen molar-refractivity contribution in [2.24, 2.45) is 7.05 Å². The molecule has 1 fully saturated rings. The molecular formula is C21H27N7O2. The van der Waals surface area contributed by atoms with E-state index in [1.54, 1.807) is 16.8 Å². The number of nitrogens with zero attached hydrogens (tertiary/aromatic N) is 5. The number of carbonyl (C=O) groups excluding carboxylic acids is 1. The molecule has 1 aromatic carbocycles. The first-order chi connectivity index (χ1) is 14.4. The fraction of sp³-hybridized carbons (Fsp3) is 0.429. The van der Waals surface area contributed by atoms with Gasteiger partial charge in [-0.05, 0) is 38.5 Å². The summed E-state index contributed by atoms with van der Waals surface area (Å²) >= 11 is 0. The smallest absolute Gasteiger partial charge is 0.260 e. The van der Waals surface area contributed by atoms with E-state index in [4.69, 9.17) is 4.74 Å². The van der Waals surface area contributed by atoms with Crippen LogP contribution in [0.25, 0.3) is 10.9 Å². The zero-order valence-electron chi connectivity index (χ0n) is 17.8. The Morgan fingerprint density at radius 2 is 2.17 bits per heavy atom. The van der Waals surface area contributed by atoms with Gasteiger partial charge < -0.3 is 20.3 Å². The van der Waals surface area contributed by atoms with Crippen LogP contribution < -0.4 is 20.3 Å². The minimum absolute atomic E-state index is 0.290. The van der Waals surface area contributed by atoms with E-state index in [1.165, 1.54) is 0 Å². The highest BCUT2D eigenvalue weighted by Crippen LogP contribution is 2.27. The monoisotopic (exact) mass is 409 g/mol. The Labute approximate surface area is 175 Å². The van der Waals surface area contributed by atoms with Crippen LogP contribution in [0.3, 0.4) is 0 Å². The average Bonchev–Trinajstić information content (AvgIpc) is 3.06. The number of aromatic nitrogens is 4. The van der Waals surface area contributed by atoms with Crippen LogP contribution in [0.15, 0.2) is 24.4 Å². The van der Waals surface area contributed by atoms with Gasteiger partial charge in [-0.1, -0.05) is 0 Å². The van der Waals surface area contributed by atoms with Crippen molar-refractivity contribution in [2.75, 3.05) is 36.5 Å². The second-order valence-corrected chi connectivity index (χ2v) is 7.63. The summed E-state index contributed by atoms with van der Waals surface area (Å²) in [5.74, 6) is 1.48. The first-order valence-electron chi connectivity index (χ1n) is 10.2. The highest BCUT2D eigenvalue weighted by atomic mass is 16.5. The normalized spacial score (nSPS) is 16.7. The van der Waals surface area contributed by atoms with Gasteiger partial charge in [0.1, 0.15) is 5.75 Å². The number of nitrogens with one attached hydrogen (secondary N) is 2. The number of piperazine rings is 1. The second kappa shape index (κ2) is 8.27. The number of amides is 1. The predicted molar refractivity (Wildman–Crippen MR) is 116 cm³/mol. The van der Waals surface area contributed by atoms with E-state index in [-0.39, 0.29) is 5.91 Å². The number of fused-ring (bicyclic) bond motifs is 1. The van der Waals surface area contributed by atoms with Crippen molar-refractivity contribution in [1.82, 2.24) is 25.3 Å². The summed E-state index contributed by atoms with van der Waals surface area (Å²) in [5.41, 5.74) is 2.20. The quantitative estimate of drug-likeness (QED) is 0.666. The summed E-state index contributed by atoms with van der Waals surface area (Å²) in [6.07, 6.45) is 1.87. The summed E-state index contributed by atoms with van der Waals surface area (Å²) in [5, 5.41) is 20.2. The third kappa shape index (κ3) is 4.06. The molecule has 1 amide bonds. The molecule has 3 aromatic rings. The first-order valence-corrected chi connectivity index (χ1v) is 10.2. The number of rotatable bonds is 5. The van der Waals surface area contributed by atoms with Gasteiger partial charge in [0.2, 0.25) is 0 Å². The lowest BCUT2D eigenvalue weighted by Crippen LogP contribution is -2.49. The molecule has 0 unspecified atom stereocenters. The molecule has 4 rings (SSSR count). The number of ether oxygens (including phenoxy) is 1. The maximum absolute atomic E-state index is 13.0. The van der Waals surface area contributed by atoms with Crippen molar-refractivity contribution in [3.05, 3.63) is 35.5 Å². The van der Waals surface area contributed by atoms with Gasteiger partial charge in [-0.15, -0.1) is 10.2 Å².